The Morgan fingerprint density at radius 3 is 3.00 bits per heavy atom. The Morgan fingerprint density at radius 2 is 2.21 bits per heavy atom. The van der Waals surface area contributed by atoms with Gasteiger partial charge in [-0.05, 0) is 18.2 Å². The summed E-state index contributed by atoms with van der Waals surface area (Å²) in [5.41, 5.74) is 6.88. The first-order valence-corrected chi connectivity index (χ1v) is 10.2. The summed E-state index contributed by atoms with van der Waals surface area (Å²) in [6.07, 6.45) is 6.76. The number of carbonyl (C=O) groups excluding carboxylic acids is 1. The fraction of sp³-hybridized carbons (Fsp3) is 0.222. The normalized spacial score (nSPS) is 19.7. The molecule has 2 aliphatic rings. The number of ether oxygens (including phenoxy) is 1. The average molecular weight is 414 g/mol. The lowest BCUT2D eigenvalue weighted by atomic mass is 10.1. The van der Waals surface area contributed by atoms with E-state index in [9.17, 15) is 13.2 Å². The Labute approximate surface area is 167 Å². The quantitative estimate of drug-likeness (QED) is 0.697. The van der Waals surface area contributed by atoms with Crippen molar-refractivity contribution in [1.29, 1.82) is 0 Å². The van der Waals surface area contributed by atoms with Crippen molar-refractivity contribution in [2.45, 2.75) is 0 Å². The van der Waals surface area contributed by atoms with Crippen LogP contribution in [0.4, 0.5) is 5.69 Å². The summed E-state index contributed by atoms with van der Waals surface area (Å²) in [7, 11) is -3.85. The van der Waals surface area contributed by atoms with E-state index in [0.717, 1.165) is 0 Å². The molecule has 3 N–H and O–H groups in total. The van der Waals surface area contributed by atoms with Gasteiger partial charge >= 0.3 is 10.2 Å². The molecule has 1 unspecified atom stereocenters. The zero-order valence-electron chi connectivity index (χ0n) is 15.2. The minimum Gasteiger partial charge on any atom is -0.492 e. The molecule has 29 heavy (non-hydrogen) atoms. The number of hydrogen-bond acceptors (Lipinski definition) is 7. The topological polar surface area (TPSA) is 140 Å². The van der Waals surface area contributed by atoms with Crippen molar-refractivity contribution >= 4 is 27.6 Å². The van der Waals surface area contributed by atoms with Crippen LogP contribution in [0.2, 0.25) is 0 Å². The summed E-state index contributed by atoms with van der Waals surface area (Å²) in [4.78, 5) is 22.1. The lowest BCUT2D eigenvalue weighted by Gasteiger charge is -2.29. The molecule has 1 atom stereocenters. The molecule has 0 bridgehead atoms. The number of nitrogens with zero attached hydrogens (tertiary/aromatic N) is 4. The van der Waals surface area contributed by atoms with Crippen molar-refractivity contribution in [3.8, 4) is 5.75 Å². The van der Waals surface area contributed by atoms with Gasteiger partial charge < -0.3 is 15.4 Å². The number of carbonyl (C=O) groups is 1. The van der Waals surface area contributed by atoms with E-state index in [1.54, 1.807) is 29.2 Å². The summed E-state index contributed by atoms with van der Waals surface area (Å²) in [6.45, 7) is 1.23. The smallest absolute Gasteiger partial charge is 0.344 e. The Hall–Kier alpha value is -3.47. The van der Waals surface area contributed by atoms with E-state index < -0.39 is 10.2 Å². The van der Waals surface area contributed by atoms with Crippen molar-refractivity contribution in [3.63, 3.8) is 0 Å². The number of benzene rings is 1. The predicted molar refractivity (Wildman–Crippen MR) is 106 cm³/mol. The molecule has 2 aliphatic heterocycles. The van der Waals surface area contributed by atoms with Gasteiger partial charge in [-0.15, -0.1) is 4.40 Å². The van der Waals surface area contributed by atoms with Crippen molar-refractivity contribution in [3.05, 3.63) is 60.2 Å². The summed E-state index contributed by atoms with van der Waals surface area (Å²) >= 11 is 0. The zero-order chi connectivity index (χ0) is 20.4. The van der Waals surface area contributed by atoms with Crippen LogP contribution in [0.1, 0.15) is 16.1 Å². The second-order valence-corrected chi connectivity index (χ2v) is 7.87. The van der Waals surface area contributed by atoms with E-state index in [2.05, 4.69) is 19.1 Å². The molecule has 10 nitrogen and oxygen atoms in total. The van der Waals surface area contributed by atoms with Gasteiger partial charge in [0.05, 0.1) is 17.9 Å². The molecule has 0 saturated heterocycles. The van der Waals surface area contributed by atoms with E-state index in [0.29, 0.717) is 35.8 Å². The molecule has 4 rings (SSSR count). The van der Waals surface area contributed by atoms with Crippen molar-refractivity contribution in [1.82, 2.24) is 14.9 Å². The minimum absolute atomic E-state index is 0.0520. The highest BCUT2D eigenvalue weighted by Crippen LogP contribution is 2.31. The maximum Gasteiger partial charge on any atom is 0.344 e. The third-order valence-corrected chi connectivity index (χ3v) is 5.38. The zero-order valence-corrected chi connectivity index (χ0v) is 16.0. The summed E-state index contributed by atoms with van der Waals surface area (Å²) < 4.78 is 35.1. The second-order valence-electron chi connectivity index (χ2n) is 6.54. The van der Waals surface area contributed by atoms with Gasteiger partial charge in [-0.25, -0.2) is 9.97 Å². The molecule has 1 amide bonds. The van der Waals surface area contributed by atoms with Crippen LogP contribution in [0.25, 0.3) is 0 Å². The highest BCUT2D eigenvalue weighted by atomic mass is 32.2. The van der Waals surface area contributed by atoms with Gasteiger partial charge in [-0.2, -0.15) is 8.42 Å². The number of aromatic nitrogens is 2. The lowest BCUT2D eigenvalue weighted by molar-refractivity contribution is 0.0728. The molecule has 1 aromatic heterocycles. The maximum absolute atomic E-state index is 12.6. The lowest BCUT2D eigenvalue weighted by Crippen LogP contribution is -2.39. The molecule has 11 heteroatoms. The van der Waals surface area contributed by atoms with Gasteiger partial charge in [0.25, 0.3) is 5.91 Å². The Balaban J connectivity index is 1.46. The maximum atomic E-state index is 12.6. The Morgan fingerprint density at radius 1 is 1.34 bits per heavy atom. The summed E-state index contributed by atoms with van der Waals surface area (Å²) in [5.74, 6) is 0.0568. The molecule has 3 heterocycles. The number of fused-ring (bicyclic) bond motifs is 1. The number of nitrogens with two attached hydrogens (primary N) is 1. The van der Waals surface area contributed by atoms with Crippen LogP contribution in [0, 0.1) is 5.92 Å². The molecule has 0 spiro atoms. The van der Waals surface area contributed by atoms with Crippen LogP contribution in [-0.4, -0.2) is 54.7 Å². The van der Waals surface area contributed by atoms with E-state index in [4.69, 9.17) is 10.5 Å². The summed E-state index contributed by atoms with van der Waals surface area (Å²) in [6, 6.07) is 6.52. The predicted octanol–water partition coefficient (Wildman–Crippen LogP) is 0.559. The highest BCUT2D eigenvalue weighted by molar-refractivity contribution is 7.91. The number of nitrogens with one attached hydrogen (secondary N) is 1. The molecule has 0 aliphatic carbocycles. The Bertz CT molecular complexity index is 1100. The molecule has 150 valence electrons. The van der Waals surface area contributed by atoms with Gasteiger partial charge in [-0.1, -0.05) is 18.2 Å². The fourth-order valence-electron chi connectivity index (χ4n) is 3.19. The number of amidine groups is 1. The number of amides is 1. The van der Waals surface area contributed by atoms with Gasteiger partial charge in [0.15, 0.2) is 5.84 Å². The van der Waals surface area contributed by atoms with E-state index in [1.807, 2.05) is 12.2 Å². The number of anilines is 1. The third kappa shape index (κ3) is 4.04. The van der Waals surface area contributed by atoms with Gasteiger partial charge in [0.1, 0.15) is 17.8 Å². The molecule has 2 aromatic rings. The first-order valence-electron chi connectivity index (χ1n) is 8.79. The van der Waals surface area contributed by atoms with E-state index >= 15 is 0 Å². The molecule has 0 fully saturated rings. The number of hydrogen-bond donors (Lipinski definition) is 2. The number of rotatable bonds is 4. The molecule has 0 radical (unpaired) electrons. The van der Waals surface area contributed by atoms with Crippen molar-refractivity contribution < 1.29 is 17.9 Å². The molecule has 1 aromatic carbocycles. The van der Waals surface area contributed by atoms with E-state index in [-0.39, 0.29) is 24.3 Å². The van der Waals surface area contributed by atoms with Gasteiger partial charge in [0, 0.05) is 25.2 Å². The van der Waals surface area contributed by atoms with Crippen LogP contribution in [0.5, 0.6) is 5.75 Å². The van der Waals surface area contributed by atoms with Gasteiger partial charge in [-0.3, -0.25) is 9.52 Å². The third-order valence-electron chi connectivity index (χ3n) is 4.47. The van der Waals surface area contributed by atoms with Crippen LogP contribution in [0.15, 0.2) is 53.3 Å². The molecule has 0 saturated carbocycles. The average Bonchev–Trinajstić information content (AvgIpc) is 2.71. The summed E-state index contributed by atoms with van der Waals surface area (Å²) in [5, 5.41) is 0. The monoisotopic (exact) mass is 414 g/mol. The second kappa shape index (κ2) is 7.51. The van der Waals surface area contributed by atoms with Crippen LogP contribution in [0.3, 0.4) is 0 Å². The van der Waals surface area contributed by atoms with E-state index in [1.165, 1.54) is 12.5 Å². The minimum atomic E-state index is -3.85. The van der Waals surface area contributed by atoms with Crippen LogP contribution >= 0.6 is 0 Å². The van der Waals surface area contributed by atoms with Crippen LogP contribution in [-0.2, 0) is 10.2 Å². The van der Waals surface area contributed by atoms with Crippen molar-refractivity contribution in [2.75, 3.05) is 24.4 Å². The highest BCUT2D eigenvalue weighted by Gasteiger charge is 2.26. The largest absolute Gasteiger partial charge is 0.492 e. The Kier molecular flexibility index (Phi) is 4.89. The first-order chi connectivity index (χ1) is 13.9. The van der Waals surface area contributed by atoms with Gasteiger partial charge in [0.2, 0.25) is 0 Å². The fourth-order valence-corrected chi connectivity index (χ4v) is 4.03. The molecular weight excluding hydrogens is 396 g/mol. The van der Waals surface area contributed by atoms with Crippen molar-refractivity contribution in [2.24, 2.45) is 16.0 Å². The first kappa shape index (κ1) is 18.9. The standard InChI is InChI=1S/C18H18N6O4S/c19-17-16-13(22-29(26,27)23-17)4-1-5-15(16)28-10-12-3-2-8-24(9-12)18(25)14-6-7-20-11-21-14/h1-7,11-12,22H,8-10H2,(H2,19,23). The molecular formula is C18H18N6O4S. The van der Waals surface area contributed by atoms with Crippen LogP contribution < -0.4 is 15.2 Å². The SMILES string of the molecule is NC1=NS(=O)(=O)Nc2cccc(OCC3C=CCN(C(=O)c4ccncn4)C3)c21.